The van der Waals surface area contributed by atoms with E-state index in [-0.39, 0.29) is 78.9 Å². The molecule has 1 saturated heterocycles. The molecule has 1 aromatic heterocycles. The lowest BCUT2D eigenvalue weighted by atomic mass is 9.64. The molecule has 0 spiro atoms. The molecule has 460 valence electrons. The van der Waals surface area contributed by atoms with Gasteiger partial charge in [0, 0.05) is 54.3 Å². The number of aliphatic hydroxyl groups is 2. The highest BCUT2D eigenvalue weighted by Gasteiger charge is 2.52. The van der Waals surface area contributed by atoms with Gasteiger partial charge in [-0.05, 0) is 224 Å². The molecule has 10 bridgehead atoms. The van der Waals surface area contributed by atoms with E-state index in [1.165, 1.54) is 22.3 Å². The quantitative estimate of drug-likeness (QED) is 0.0194. The highest BCUT2D eigenvalue weighted by Crippen LogP contribution is 2.56. The van der Waals surface area contributed by atoms with Gasteiger partial charge < -0.3 is 51.9 Å². The van der Waals surface area contributed by atoms with E-state index in [0.717, 1.165) is 90.7 Å². The Morgan fingerprint density at radius 1 is 0.898 bits per heavy atom. The van der Waals surface area contributed by atoms with Crippen LogP contribution in [-0.2, 0) is 46.3 Å². The first-order valence-electron chi connectivity index (χ1n) is 32.4. The van der Waals surface area contributed by atoms with Crippen LogP contribution in [0.5, 0.6) is 11.5 Å². The summed E-state index contributed by atoms with van der Waals surface area (Å²) in [6.07, 6.45) is 13.6. The lowest BCUT2D eigenvalue weighted by Gasteiger charge is -2.47. The predicted molar refractivity (Wildman–Crippen MR) is 342 cm³/mol. The molecule has 6 aromatic rings. The summed E-state index contributed by atoms with van der Waals surface area (Å²) in [5.74, 6) is 6.21. The van der Waals surface area contributed by atoms with Gasteiger partial charge in [0.15, 0.2) is 5.96 Å². The number of hydrogen-bond donors (Lipinski definition) is 9. The fourth-order valence-corrected chi connectivity index (χ4v) is 19.0. The second-order valence-corrected chi connectivity index (χ2v) is 28.9. The lowest BCUT2D eigenvalue weighted by molar-refractivity contribution is -0.0834. The Balaban J connectivity index is 0.894. The molecule has 1 saturated carbocycles. The maximum absolute atomic E-state index is 14.6. The molecule has 15 heteroatoms. The van der Waals surface area contributed by atoms with Gasteiger partial charge in [-0.2, -0.15) is 8.42 Å². The smallest absolute Gasteiger partial charge is 0.268 e. The van der Waals surface area contributed by atoms with E-state index in [1.807, 2.05) is 42.6 Å². The molecule has 10 aliphatic rings. The molecule has 7 heterocycles. The summed E-state index contributed by atoms with van der Waals surface area (Å²) in [6.45, 7) is 3.04. The number of fused-ring (bicyclic) bond motifs is 9. The van der Waals surface area contributed by atoms with Crippen LogP contribution in [0.3, 0.4) is 0 Å². The number of hydrogen-bond acceptors (Lipinski definition) is 10. The van der Waals surface area contributed by atoms with Crippen LogP contribution >= 0.6 is 0 Å². The number of aliphatic hydroxyl groups excluding tert-OH is 1. The molecule has 0 radical (unpaired) electrons. The minimum absolute atomic E-state index is 0.0759. The van der Waals surface area contributed by atoms with Crippen LogP contribution in [0.1, 0.15) is 175 Å². The summed E-state index contributed by atoms with van der Waals surface area (Å²) in [7, 11) is -4.71. The highest BCUT2D eigenvalue weighted by atomic mass is 32.2. The largest absolute Gasteiger partial charge is 0.508 e. The minimum atomic E-state index is -4.71. The molecular weight excluding hydrogens is 1120 g/mol. The van der Waals surface area contributed by atoms with Crippen molar-refractivity contribution in [3.8, 4) is 23.3 Å². The lowest BCUT2D eigenvalue weighted by Crippen LogP contribution is -2.48. The number of phenols is 1. The maximum Gasteiger partial charge on any atom is 0.268 e. The molecule has 0 unspecified atom stereocenters. The van der Waals surface area contributed by atoms with Crippen LogP contribution in [0.25, 0.3) is 0 Å². The van der Waals surface area contributed by atoms with E-state index >= 15 is 0 Å². The summed E-state index contributed by atoms with van der Waals surface area (Å²) in [6, 6.07) is 39.2. The molecule has 15 atom stereocenters. The van der Waals surface area contributed by atoms with Crippen LogP contribution in [0.2, 0.25) is 0 Å². The molecule has 5 aromatic carbocycles. The Morgan fingerprint density at radius 2 is 1.73 bits per heavy atom. The Morgan fingerprint density at radius 3 is 2.52 bits per heavy atom. The third kappa shape index (κ3) is 11.4. The number of rotatable bonds is 11. The van der Waals surface area contributed by atoms with Gasteiger partial charge in [0.1, 0.15) is 23.4 Å². The van der Waals surface area contributed by atoms with Crippen molar-refractivity contribution >= 4 is 21.9 Å². The number of ether oxygens (including phenoxy) is 2. The zero-order valence-electron chi connectivity index (χ0n) is 50.3. The Labute approximate surface area is 517 Å². The van der Waals surface area contributed by atoms with Crippen molar-refractivity contribution in [3.63, 3.8) is 0 Å². The van der Waals surface area contributed by atoms with Gasteiger partial charge in [0.2, 0.25) is 5.72 Å². The van der Waals surface area contributed by atoms with Gasteiger partial charge in [-0.1, -0.05) is 104 Å². The van der Waals surface area contributed by atoms with Crippen molar-refractivity contribution in [2.24, 2.45) is 46.0 Å². The summed E-state index contributed by atoms with van der Waals surface area (Å²) >= 11 is 0. The van der Waals surface area contributed by atoms with Crippen LogP contribution in [-0.4, -0.2) is 75.4 Å². The fourth-order valence-electron chi connectivity index (χ4n) is 17.9. The zero-order chi connectivity index (χ0) is 60.5. The predicted octanol–water partition coefficient (Wildman–Crippen LogP) is 11.4. The Kier molecular flexibility index (Phi) is 15.9. The molecule has 14 nitrogen and oxygen atoms in total. The first-order valence-corrected chi connectivity index (χ1v) is 33.9. The number of benzene rings is 5. The molecule has 4 aliphatic carbocycles. The van der Waals surface area contributed by atoms with Crippen LogP contribution < -0.4 is 26.8 Å². The molecule has 2 fully saturated rings. The maximum atomic E-state index is 14.6. The molecule has 16 rings (SSSR count). The highest BCUT2D eigenvalue weighted by molar-refractivity contribution is 7.86. The number of aromatic hydroxyl groups is 1. The zero-order valence-corrected chi connectivity index (χ0v) is 51.1. The van der Waals surface area contributed by atoms with E-state index in [9.17, 15) is 28.3 Å². The summed E-state index contributed by atoms with van der Waals surface area (Å²) in [5, 5.41) is 42.0. The molecule has 0 amide bonds. The number of allylic oxidation sites excluding steroid dienone is 1. The number of aliphatic imine (C=N–C) groups is 1. The van der Waals surface area contributed by atoms with Gasteiger partial charge in [0.05, 0.1) is 23.0 Å². The number of aromatic nitrogens is 1. The first-order chi connectivity index (χ1) is 42.6. The van der Waals surface area contributed by atoms with Crippen LogP contribution in [0.4, 0.5) is 5.82 Å². The number of H-pyrrole nitrogens is 1. The van der Waals surface area contributed by atoms with Gasteiger partial charge in [-0.3, -0.25) is 4.55 Å². The average Bonchev–Trinajstić information content (AvgIpc) is 1.42. The Hall–Kier alpha value is -6.90. The summed E-state index contributed by atoms with van der Waals surface area (Å²) < 4.78 is 55.7. The van der Waals surface area contributed by atoms with E-state index < -0.39 is 50.6 Å². The summed E-state index contributed by atoms with van der Waals surface area (Å²) in [4.78, 5) is 8.61. The van der Waals surface area contributed by atoms with E-state index in [2.05, 4.69) is 107 Å². The number of aromatic amines is 1. The number of phenolic OH excluding ortho intramolecular Hbond substituents is 1. The van der Waals surface area contributed by atoms with Gasteiger partial charge in [-0.15, -0.1) is 0 Å². The number of nitrogens with two attached hydrogens (primary N) is 2. The van der Waals surface area contributed by atoms with Crippen molar-refractivity contribution < 1.29 is 37.8 Å². The standard InChI is InChI=1S/C73H84N6O8S/c1-43-14-15-49-36-56-22-25-58(49)62(43)39-65(88(83,84)85)63-38-52-34-51(37-57-33-45(42-80)10-5-11-48-35-55(81)21-24-60(48)70(52)86-57)67(63)46-16-19-53(20-17-46)73(87-56,79-71(74)75)41-54(32-44-8-3-2-4-9-44)72(82)29-6-12-50(40-72)59-23-18-47-28-31-77-69-64(27-26-61(59)68(47)69)78-66-13-7-30-76-66/h2-4,7-9,13,16-25,30,35-36,38,43,45,50-51,54,57,62-65,67,69-70,76-78,80-82H,6,10,12,14-15,26-29,31-34,37,39-42H2,1H3,(H4,74,75,79)(H,83,84,85)/t43-,45+,50-,51-,54+,57-,62+,63-,64-,65-,67+,69+,70-,72+,73-/m1/s1. The number of nitrogens with one attached hydrogen (secondary N) is 3. The first kappa shape index (κ1) is 58.8. The van der Waals surface area contributed by atoms with E-state index in [4.69, 9.17) is 25.9 Å². The van der Waals surface area contributed by atoms with Crippen molar-refractivity contribution in [1.82, 2.24) is 10.3 Å². The normalized spacial score (nSPS) is 31.7. The third-order valence-electron chi connectivity index (χ3n) is 22.0. The second-order valence-electron chi connectivity index (χ2n) is 27.3. The third-order valence-corrected chi connectivity index (χ3v) is 23.2. The SMILES string of the molecule is C[C@@H]1CCc2cc3ccc2[C@H]1C[C@@H](S(=O)(=O)O)[C@H]1C=C2C[C@H](C[C@H]4C[C@@H](CO)CC#Cc5cc(O)ccc5[C@@H]2O4)[C@@H]1c1ccc(cc1)[C@](C[C@H](Cc1ccccc1)[C@]1(O)CCC[C@@H](c2ccc4c5c2CC[C@@H](Nc2ccc[nH]2)[C@@H]5NCC4)C1)(N=C(N)N)O3. The number of anilines is 1. The van der Waals surface area contributed by atoms with E-state index in [0.29, 0.717) is 61.8 Å². The second kappa shape index (κ2) is 23.8. The minimum Gasteiger partial charge on any atom is -0.508 e. The Bertz CT molecular complexity index is 3800. The monoisotopic (exact) mass is 1200 g/mol. The van der Waals surface area contributed by atoms with Crippen LogP contribution in [0.15, 0.2) is 138 Å². The van der Waals surface area contributed by atoms with Crippen LogP contribution in [0, 0.1) is 41.4 Å². The number of aryl methyl sites for hydroxylation is 1. The average molecular weight is 1210 g/mol. The topological polar surface area (TPSA) is 238 Å². The van der Waals surface area contributed by atoms with Crippen molar-refractivity contribution in [1.29, 1.82) is 0 Å². The fraction of sp³-hybridized carbons (Fsp3) is 0.466. The van der Waals surface area contributed by atoms with Crippen molar-refractivity contribution in [3.05, 3.63) is 194 Å². The number of nitrogens with zero attached hydrogens (tertiary/aromatic N) is 1. The van der Waals surface area contributed by atoms with Gasteiger partial charge >= 0.3 is 0 Å². The molecule has 6 aliphatic heterocycles. The molecule has 11 N–H and O–H groups in total. The molecular formula is C73H84N6O8S. The van der Waals surface area contributed by atoms with Crippen molar-refractivity contribution in [2.75, 3.05) is 18.5 Å². The summed E-state index contributed by atoms with van der Waals surface area (Å²) in [5.41, 5.74) is 23.3. The van der Waals surface area contributed by atoms with Crippen molar-refractivity contribution in [2.45, 2.75) is 168 Å². The van der Waals surface area contributed by atoms with Gasteiger partial charge in [-0.25, -0.2) is 4.99 Å². The molecule has 88 heavy (non-hydrogen) atoms. The van der Waals surface area contributed by atoms with E-state index in [1.54, 1.807) is 12.1 Å². The number of guanidine groups is 1. The van der Waals surface area contributed by atoms with Gasteiger partial charge in [0.25, 0.3) is 10.1 Å².